The van der Waals surface area contributed by atoms with Crippen molar-refractivity contribution < 1.29 is 28.5 Å². The number of esters is 1. The number of ether oxygens (including phenoxy) is 4. The van der Waals surface area contributed by atoms with Crippen LogP contribution in [0, 0.1) is 0 Å². The van der Waals surface area contributed by atoms with Crippen molar-refractivity contribution in [2.24, 2.45) is 0 Å². The molecule has 1 amide bonds. The number of carbonyl (C=O) groups is 2. The van der Waals surface area contributed by atoms with Gasteiger partial charge < -0.3 is 24.3 Å². The molecule has 0 aliphatic carbocycles. The number of para-hydroxylation sites is 1. The van der Waals surface area contributed by atoms with Gasteiger partial charge in [-0.25, -0.2) is 4.79 Å². The van der Waals surface area contributed by atoms with Gasteiger partial charge in [0, 0.05) is 5.56 Å². The fourth-order valence-electron chi connectivity index (χ4n) is 2.68. The maximum Gasteiger partial charge on any atom is 0.344 e. The molecule has 2 aromatic rings. The molecular formula is C20H21NO6. The lowest BCUT2D eigenvalue weighted by atomic mass is 10.1. The normalized spacial score (nSPS) is 15.2. The Morgan fingerprint density at radius 3 is 2.67 bits per heavy atom. The summed E-state index contributed by atoms with van der Waals surface area (Å²) in [6.45, 7) is 4.07. The van der Waals surface area contributed by atoms with E-state index in [-0.39, 0.29) is 12.5 Å². The van der Waals surface area contributed by atoms with Crippen LogP contribution in [-0.2, 0) is 9.53 Å². The molecule has 27 heavy (non-hydrogen) atoms. The van der Waals surface area contributed by atoms with Gasteiger partial charge in [0.05, 0.1) is 18.8 Å². The highest BCUT2D eigenvalue weighted by Gasteiger charge is 2.27. The second kappa shape index (κ2) is 8.44. The van der Waals surface area contributed by atoms with E-state index < -0.39 is 12.2 Å². The van der Waals surface area contributed by atoms with Crippen LogP contribution in [0.3, 0.4) is 0 Å². The monoisotopic (exact) mass is 371 g/mol. The summed E-state index contributed by atoms with van der Waals surface area (Å²) >= 11 is 0. The van der Waals surface area contributed by atoms with Gasteiger partial charge in [-0.05, 0) is 44.2 Å². The highest BCUT2D eigenvalue weighted by Crippen LogP contribution is 2.34. The Morgan fingerprint density at radius 1 is 1.07 bits per heavy atom. The Labute approximate surface area is 157 Å². The summed E-state index contributed by atoms with van der Waals surface area (Å²) in [5, 5.41) is 2.81. The fourth-order valence-corrected chi connectivity index (χ4v) is 2.68. The van der Waals surface area contributed by atoms with Gasteiger partial charge in [-0.15, -0.1) is 0 Å². The number of carbonyl (C=O) groups excluding carboxylic acids is 2. The number of benzene rings is 2. The number of hydrogen-bond donors (Lipinski definition) is 1. The van der Waals surface area contributed by atoms with E-state index in [0.29, 0.717) is 41.6 Å². The van der Waals surface area contributed by atoms with Gasteiger partial charge in [-0.3, -0.25) is 4.79 Å². The molecule has 1 aliphatic rings. The average Bonchev–Trinajstić information content (AvgIpc) is 2.67. The largest absolute Gasteiger partial charge is 0.490 e. The van der Waals surface area contributed by atoms with Crippen molar-refractivity contribution in [3.05, 3.63) is 53.6 Å². The van der Waals surface area contributed by atoms with Gasteiger partial charge in [0.25, 0.3) is 5.91 Å². The maximum absolute atomic E-state index is 12.3. The van der Waals surface area contributed by atoms with Gasteiger partial charge in [0.2, 0.25) is 0 Å². The smallest absolute Gasteiger partial charge is 0.344 e. The first-order valence-electron chi connectivity index (χ1n) is 8.74. The second-order valence-corrected chi connectivity index (χ2v) is 5.70. The van der Waals surface area contributed by atoms with E-state index in [0.717, 1.165) is 0 Å². The number of nitrogens with one attached hydrogen (secondary N) is 1. The molecule has 0 bridgehead atoms. The second-order valence-electron chi connectivity index (χ2n) is 5.70. The first-order valence-corrected chi connectivity index (χ1v) is 8.74. The number of amides is 1. The van der Waals surface area contributed by atoms with Gasteiger partial charge in [0.1, 0.15) is 5.75 Å². The predicted octanol–water partition coefficient (Wildman–Crippen LogP) is 2.85. The van der Waals surface area contributed by atoms with Crippen LogP contribution >= 0.6 is 0 Å². The Balaban J connectivity index is 1.80. The zero-order valence-corrected chi connectivity index (χ0v) is 15.2. The molecule has 0 fully saturated rings. The molecule has 0 saturated carbocycles. The molecule has 1 heterocycles. The van der Waals surface area contributed by atoms with E-state index in [9.17, 15) is 9.59 Å². The molecule has 142 valence electrons. The molecule has 0 radical (unpaired) electrons. The highest BCUT2D eigenvalue weighted by molar-refractivity contribution is 5.98. The number of fused-ring (bicyclic) bond motifs is 1. The molecule has 7 nitrogen and oxygen atoms in total. The third-order valence-electron chi connectivity index (χ3n) is 3.86. The molecule has 0 saturated heterocycles. The SMILES string of the molecule is CCOC(=O)COc1ccc([C@@H]2NC(=O)c3ccccc3O2)cc1OCC. The van der Waals surface area contributed by atoms with E-state index in [1.54, 1.807) is 43.3 Å². The molecule has 1 aliphatic heterocycles. The first-order chi connectivity index (χ1) is 13.1. The minimum atomic E-state index is -0.647. The Bertz CT molecular complexity index is 835. The van der Waals surface area contributed by atoms with Crippen LogP contribution in [0.5, 0.6) is 17.2 Å². The third kappa shape index (κ3) is 4.31. The zero-order chi connectivity index (χ0) is 19.2. The lowest BCUT2D eigenvalue weighted by Crippen LogP contribution is -2.36. The summed E-state index contributed by atoms with van der Waals surface area (Å²) in [6, 6.07) is 12.2. The van der Waals surface area contributed by atoms with Gasteiger partial charge in [0.15, 0.2) is 24.3 Å². The molecule has 1 N–H and O–H groups in total. The lowest BCUT2D eigenvalue weighted by molar-refractivity contribution is -0.145. The zero-order valence-electron chi connectivity index (χ0n) is 15.2. The average molecular weight is 371 g/mol. The summed E-state index contributed by atoms with van der Waals surface area (Å²) in [7, 11) is 0. The minimum Gasteiger partial charge on any atom is -0.490 e. The predicted molar refractivity (Wildman–Crippen MR) is 97.0 cm³/mol. The molecular weight excluding hydrogens is 350 g/mol. The minimum absolute atomic E-state index is 0.206. The Morgan fingerprint density at radius 2 is 1.89 bits per heavy atom. The molecule has 0 aromatic heterocycles. The molecule has 1 atom stereocenters. The lowest BCUT2D eigenvalue weighted by Gasteiger charge is -2.27. The first kappa shape index (κ1) is 18.6. The van der Waals surface area contributed by atoms with Crippen molar-refractivity contribution >= 4 is 11.9 Å². The Hall–Kier alpha value is -3.22. The molecule has 7 heteroatoms. The van der Waals surface area contributed by atoms with Crippen LogP contribution in [0.25, 0.3) is 0 Å². The summed E-state index contributed by atoms with van der Waals surface area (Å²) < 4.78 is 21.9. The van der Waals surface area contributed by atoms with Crippen LogP contribution in [0.4, 0.5) is 0 Å². The van der Waals surface area contributed by atoms with E-state index in [1.165, 1.54) is 0 Å². The summed E-state index contributed by atoms with van der Waals surface area (Å²) in [5.74, 6) is 0.727. The summed E-state index contributed by atoms with van der Waals surface area (Å²) in [4.78, 5) is 23.8. The standard InChI is InChI=1S/C20H21NO6/c1-3-24-17-11-13(9-10-16(17)26-12-18(22)25-4-2)20-21-19(23)14-7-5-6-8-15(14)27-20/h5-11,20H,3-4,12H2,1-2H3,(H,21,23)/t20-/m1/s1. The summed E-state index contributed by atoms with van der Waals surface area (Å²) in [6.07, 6.45) is -0.647. The van der Waals surface area contributed by atoms with Gasteiger partial charge in [-0.2, -0.15) is 0 Å². The van der Waals surface area contributed by atoms with Crippen molar-refractivity contribution in [1.29, 1.82) is 0 Å². The summed E-state index contributed by atoms with van der Waals surface area (Å²) in [5.41, 5.74) is 1.19. The van der Waals surface area contributed by atoms with E-state index in [2.05, 4.69) is 5.32 Å². The Kier molecular flexibility index (Phi) is 5.80. The van der Waals surface area contributed by atoms with Gasteiger partial charge in [-0.1, -0.05) is 12.1 Å². The van der Waals surface area contributed by atoms with Crippen LogP contribution in [0.1, 0.15) is 36.0 Å². The molecule has 0 unspecified atom stereocenters. The molecule has 0 spiro atoms. The van der Waals surface area contributed by atoms with Crippen molar-refractivity contribution in [3.8, 4) is 17.2 Å². The van der Waals surface area contributed by atoms with Crippen LogP contribution in [0.15, 0.2) is 42.5 Å². The van der Waals surface area contributed by atoms with E-state index in [4.69, 9.17) is 18.9 Å². The van der Waals surface area contributed by atoms with Crippen molar-refractivity contribution in [2.75, 3.05) is 19.8 Å². The molecule has 3 rings (SSSR count). The van der Waals surface area contributed by atoms with Gasteiger partial charge >= 0.3 is 5.97 Å². The van der Waals surface area contributed by atoms with E-state index in [1.807, 2.05) is 13.0 Å². The van der Waals surface area contributed by atoms with Crippen molar-refractivity contribution in [3.63, 3.8) is 0 Å². The highest BCUT2D eigenvalue weighted by atomic mass is 16.6. The van der Waals surface area contributed by atoms with Crippen LogP contribution in [0.2, 0.25) is 0 Å². The van der Waals surface area contributed by atoms with Crippen molar-refractivity contribution in [1.82, 2.24) is 5.32 Å². The third-order valence-corrected chi connectivity index (χ3v) is 3.86. The quantitative estimate of drug-likeness (QED) is 0.754. The topological polar surface area (TPSA) is 83.1 Å². The molecule has 2 aromatic carbocycles. The van der Waals surface area contributed by atoms with Crippen LogP contribution in [-0.4, -0.2) is 31.7 Å². The number of hydrogen-bond acceptors (Lipinski definition) is 6. The number of rotatable bonds is 7. The fraction of sp³-hybridized carbons (Fsp3) is 0.300. The van der Waals surface area contributed by atoms with Crippen molar-refractivity contribution in [2.45, 2.75) is 20.1 Å². The maximum atomic E-state index is 12.3. The van der Waals surface area contributed by atoms with E-state index >= 15 is 0 Å². The van der Waals surface area contributed by atoms with Crippen LogP contribution < -0.4 is 19.5 Å².